The van der Waals surface area contributed by atoms with E-state index in [0.717, 1.165) is 5.75 Å². The van der Waals surface area contributed by atoms with Crippen LogP contribution in [0, 0.1) is 11.8 Å². The van der Waals surface area contributed by atoms with E-state index in [1.54, 1.807) is 9.80 Å². The SMILES string of the molecule is O=C1CN(C(=O)[C@@H]2[C@@H]3C=C[C@@]4(CN(CCOc5ccccc5)C(=O)[C@H]24)O3)CCN1. The van der Waals surface area contributed by atoms with Gasteiger partial charge in [0.05, 0.1) is 37.6 Å². The molecule has 1 aromatic carbocycles. The number of hydrogen-bond donors (Lipinski definition) is 1. The number of para-hydroxylation sites is 1. The summed E-state index contributed by atoms with van der Waals surface area (Å²) >= 11 is 0. The normalized spacial score (nSPS) is 32.5. The Hall–Kier alpha value is -2.87. The fourth-order valence-corrected chi connectivity index (χ4v) is 4.88. The molecule has 1 N–H and O–H groups in total. The largest absolute Gasteiger partial charge is 0.492 e. The number of carbonyl (C=O) groups is 3. The summed E-state index contributed by atoms with van der Waals surface area (Å²) in [5, 5.41) is 2.72. The van der Waals surface area contributed by atoms with Gasteiger partial charge in [0, 0.05) is 13.1 Å². The molecule has 3 fully saturated rings. The Morgan fingerprint density at radius 1 is 1.28 bits per heavy atom. The summed E-state index contributed by atoms with van der Waals surface area (Å²) in [5.41, 5.74) is -0.743. The first-order chi connectivity index (χ1) is 14.1. The number of nitrogens with one attached hydrogen (secondary N) is 1. The predicted molar refractivity (Wildman–Crippen MR) is 102 cm³/mol. The number of piperazine rings is 1. The van der Waals surface area contributed by atoms with Gasteiger partial charge in [-0.2, -0.15) is 0 Å². The van der Waals surface area contributed by atoms with Gasteiger partial charge < -0.3 is 24.6 Å². The lowest BCUT2D eigenvalue weighted by molar-refractivity contribution is -0.146. The quantitative estimate of drug-likeness (QED) is 0.696. The van der Waals surface area contributed by atoms with Crippen LogP contribution in [0.3, 0.4) is 0 Å². The van der Waals surface area contributed by atoms with Gasteiger partial charge in [-0.15, -0.1) is 0 Å². The highest BCUT2D eigenvalue weighted by Gasteiger charge is 2.67. The number of fused-ring (bicyclic) bond motifs is 1. The third-order valence-electron chi connectivity index (χ3n) is 6.19. The van der Waals surface area contributed by atoms with Crippen LogP contribution in [-0.4, -0.2) is 78.6 Å². The molecule has 1 spiro atoms. The van der Waals surface area contributed by atoms with Gasteiger partial charge in [0.1, 0.15) is 18.0 Å². The van der Waals surface area contributed by atoms with Crippen LogP contribution in [0.25, 0.3) is 0 Å². The van der Waals surface area contributed by atoms with E-state index in [9.17, 15) is 14.4 Å². The highest BCUT2D eigenvalue weighted by molar-refractivity contribution is 5.94. The molecule has 5 rings (SSSR count). The third-order valence-corrected chi connectivity index (χ3v) is 6.19. The molecule has 0 aromatic heterocycles. The summed E-state index contributed by atoms with van der Waals surface area (Å²) < 4.78 is 11.9. The molecule has 0 unspecified atom stereocenters. The molecule has 8 nitrogen and oxygen atoms in total. The third kappa shape index (κ3) is 2.98. The molecule has 3 saturated heterocycles. The lowest BCUT2D eigenvalue weighted by Crippen LogP contribution is -2.54. The summed E-state index contributed by atoms with van der Waals surface area (Å²) in [6.45, 7) is 2.16. The molecule has 4 atom stereocenters. The van der Waals surface area contributed by atoms with E-state index in [1.807, 2.05) is 42.5 Å². The van der Waals surface area contributed by atoms with Crippen LogP contribution in [0.4, 0.5) is 0 Å². The number of rotatable bonds is 5. The second kappa shape index (κ2) is 6.88. The smallest absolute Gasteiger partial charge is 0.239 e. The van der Waals surface area contributed by atoms with Crippen molar-refractivity contribution in [2.75, 3.05) is 39.3 Å². The number of amides is 3. The standard InChI is InChI=1S/C21H23N3O5/c25-16-12-23(9-8-22-16)19(26)17-15-6-7-21(29-15)13-24(20(27)18(17)21)10-11-28-14-4-2-1-3-5-14/h1-7,15,17-18H,8-13H2,(H,22,25)/t15-,17+,18-,21-/m0/s1. The molecule has 2 bridgehead atoms. The Labute approximate surface area is 168 Å². The molecule has 4 aliphatic heterocycles. The van der Waals surface area contributed by atoms with Gasteiger partial charge in [-0.05, 0) is 12.1 Å². The molecule has 152 valence electrons. The molecule has 4 heterocycles. The number of benzene rings is 1. The molecule has 0 saturated carbocycles. The Morgan fingerprint density at radius 2 is 2.10 bits per heavy atom. The van der Waals surface area contributed by atoms with Crippen LogP contribution in [0.2, 0.25) is 0 Å². The van der Waals surface area contributed by atoms with Gasteiger partial charge in [-0.1, -0.05) is 30.4 Å². The number of nitrogens with zero attached hydrogens (tertiary/aromatic N) is 2. The molecular weight excluding hydrogens is 374 g/mol. The Morgan fingerprint density at radius 3 is 2.90 bits per heavy atom. The van der Waals surface area contributed by atoms with Gasteiger partial charge in [-0.3, -0.25) is 14.4 Å². The lowest BCUT2D eigenvalue weighted by Gasteiger charge is -2.32. The number of hydrogen-bond acceptors (Lipinski definition) is 5. The van der Waals surface area contributed by atoms with E-state index in [1.165, 1.54) is 0 Å². The summed E-state index contributed by atoms with van der Waals surface area (Å²) in [7, 11) is 0. The summed E-state index contributed by atoms with van der Waals surface area (Å²) in [6, 6.07) is 9.45. The molecule has 29 heavy (non-hydrogen) atoms. The topological polar surface area (TPSA) is 88.2 Å². The zero-order valence-electron chi connectivity index (χ0n) is 16.0. The van der Waals surface area contributed by atoms with Crippen LogP contribution < -0.4 is 10.1 Å². The molecule has 1 aromatic rings. The molecule has 0 aliphatic carbocycles. The molecule has 0 radical (unpaired) electrons. The van der Waals surface area contributed by atoms with Crippen molar-refractivity contribution in [3.63, 3.8) is 0 Å². The van der Waals surface area contributed by atoms with E-state index in [-0.39, 0.29) is 24.3 Å². The Bertz CT molecular complexity index is 872. The number of ether oxygens (including phenoxy) is 2. The minimum atomic E-state index is -0.743. The summed E-state index contributed by atoms with van der Waals surface area (Å²) in [6.07, 6.45) is 3.43. The van der Waals surface area contributed by atoms with Gasteiger partial charge in [0.15, 0.2) is 0 Å². The van der Waals surface area contributed by atoms with Gasteiger partial charge >= 0.3 is 0 Å². The molecule has 3 amide bonds. The van der Waals surface area contributed by atoms with Crippen LogP contribution in [0.15, 0.2) is 42.5 Å². The van der Waals surface area contributed by atoms with E-state index in [2.05, 4.69) is 5.32 Å². The van der Waals surface area contributed by atoms with E-state index < -0.39 is 23.5 Å². The van der Waals surface area contributed by atoms with Crippen molar-refractivity contribution in [1.82, 2.24) is 15.1 Å². The van der Waals surface area contributed by atoms with Gasteiger partial charge in [-0.25, -0.2) is 0 Å². The maximum Gasteiger partial charge on any atom is 0.239 e. The van der Waals surface area contributed by atoms with Crippen LogP contribution in [0.1, 0.15) is 0 Å². The fraction of sp³-hybridized carbons (Fsp3) is 0.476. The maximum atomic E-state index is 13.2. The van der Waals surface area contributed by atoms with Gasteiger partial charge in [0.2, 0.25) is 17.7 Å². The van der Waals surface area contributed by atoms with Crippen LogP contribution >= 0.6 is 0 Å². The molecule has 4 aliphatic rings. The van der Waals surface area contributed by atoms with E-state index in [0.29, 0.717) is 32.8 Å². The van der Waals surface area contributed by atoms with E-state index >= 15 is 0 Å². The monoisotopic (exact) mass is 397 g/mol. The van der Waals surface area contributed by atoms with Crippen molar-refractivity contribution in [2.45, 2.75) is 11.7 Å². The zero-order chi connectivity index (χ0) is 20.0. The zero-order valence-corrected chi connectivity index (χ0v) is 16.0. The number of carbonyl (C=O) groups excluding carboxylic acids is 3. The Kier molecular flexibility index (Phi) is 4.31. The highest BCUT2D eigenvalue weighted by atomic mass is 16.5. The lowest BCUT2D eigenvalue weighted by atomic mass is 9.76. The molecular formula is C21H23N3O5. The highest BCUT2D eigenvalue weighted by Crippen LogP contribution is 2.52. The van der Waals surface area contributed by atoms with Crippen LogP contribution in [-0.2, 0) is 19.1 Å². The minimum absolute atomic E-state index is 0.0360. The van der Waals surface area contributed by atoms with Crippen molar-refractivity contribution in [3.05, 3.63) is 42.5 Å². The average Bonchev–Trinajstić information content (AvgIpc) is 3.37. The van der Waals surface area contributed by atoms with Crippen molar-refractivity contribution < 1.29 is 23.9 Å². The van der Waals surface area contributed by atoms with Crippen molar-refractivity contribution in [1.29, 1.82) is 0 Å². The minimum Gasteiger partial charge on any atom is -0.492 e. The first kappa shape index (κ1) is 18.2. The summed E-state index contributed by atoms with van der Waals surface area (Å²) in [4.78, 5) is 41.3. The van der Waals surface area contributed by atoms with Crippen molar-refractivity contribution in [3.8, 4) is 5.75 Å². The first-order valence-corrected chi connectivity index (χ1v) is 9.97. The second-order valence-electron chi connectivity index (χ2n) is 7.93. The first-order valence-electron chi connectivity index (χ1n) is 9.97. The predicted octanol–water partition coefficient (Wildman–Crippen LogP) is -0.194. The summed E-state index contributed by atoms with van der Waals surface area (Å²) in [5.74, 6) is -0.766. The number of likely N-dealkylation sites (tertiary alicyclic amines) is 1. The van der Waals surface area contributed by atoms with Crippen molar-refractivity contribution in [2.24, 2.45) is 11.8 Å². The van der Waals surface area contributed by atoms with Gasteiger partial charge in [0.25, 0.3) is 0 Å². The van der Waals surface area contributed by atoms with E-state index in [4.69, 9.17) is 9.47 Å². The average molecular weight is 397 g/mol. The maximum absolute atomic E-state index is 13.2. The van der Waals surface area contributed by atoms with Crippen molar-refractivity contribution >= 4 is 17.7 Å². The Balaban J connectivity index is 1.28. The second-order valence-corrected chi connectivity index (χ2v) is 7.93. The fourth-order valence-electron chi connectivity index (χ4n) is 4.88. The molecule has 8 heteroatoms. The van der Waals surface area contributed by atoms with Crippen LogP contribution in [0.5, 0.6) is 5.75 Å².